The number of nitrogens with two attached hydrogens (primary N) is 1. The Balaban J connectivity index is 2.53. The lowest BCUT2D eigenvalue weighted by atomic mass is 10.2. The average molecular weight is 298 g/mol. The molecular formula is C15H24ClN3O. The third-order valence-electron chi connectivity index (χ3n) is 3.24. The zero-order valence-corrected chi connectivity index (χ0v) is 13.4. The summed E-state index contributed by atoms with van der Waals surface area (Å²) < 4.78 is 0. The molecule has 0 aliphatic heterocycles. The summed E-state index contributed by atoms with van der Waals surface area (Å²) in [5, 5.41) is 3.37. The van der Waals surface area contributed by atoms with Gasteiger partial charge in [-0.05, 0) is 45.9 Å². The lowest BCUT2D eigenvalue weighted by Gasteiger charge is -2.30. The van der Waals surface area contributed by atoms with E-state index in [1.54, 1.807) is 18.2 Å². The fourth-order valence-corrected chi connectivity index (χ4v) is 2.32. The molecule has 1 rings (SSSR count). The van der Waals surface area contributed by atoms with Crippen LogP contribution in [0.5, 0.6) is 0 Å². The van der Waals surface area contributed by atoms with Gasteiger partial charge in [0.05, 0.1) is 10.7 Å². The van der Waals surface area contributed by atoms with Crippen molar-refractivity contribution in [2.75, 3.05) is 18.8 Å². The fourth-order valence-electron chi connectivity index (χ4n) is 2.20. The summed E-state index contributed by atoms with van der Waals surface area (Å²) in [5.74, 6) is -0.124. The van der Waals surface area contributed by atoms with Gasteiger partial charge < -0.3 is 11.1 Å². The number of hydrogen-bond acceptors (Lipinski definition) is 3. The molecule has 1 aromatic carbocycles. The summed E-state index contributed by atoms with van der Waals surface area (Å²) in [6, 6.07) is 5.83. The smallest absolute Gasteiger partial charge is 0.251 e. The Morgan fingerprint density at radius 3 is 2.40 bits per heavy atom. The lowest BCUT2D eigenvalue weighted by Crippen LogP contribution is -2.42. The van der Waals surface area contributed by atoms with E-state index in [1.165, 1.54) is 0 Å². The summed E-state index contributed by atoms with van der Waals surface area (Å²) >= 11 is 5.84. The third-order valence-corrected chi connectivity index (χ3v) is 3.58. The van der Waals surface area contributed by atoms with Crippen molar-refractivity contribution < 1.29 is 4.79 Å². The molecule has 0 saturated heterocycles. The molecule has 3 N–H and O–H groups in total. The van der Waals surface area contributed by atoms with Crippen LogP contribution in [-0.4, -0.2) is 36.0 Å². The van der Waals surface area contributed by atoms with Crippen LogP contribution in [0.3, 0.4) is 0 Å². The molecule has 0 saturated carbocycles. The minimum absolute atomic E-state index is 0.124. The summed E-state index contributed by atoms with van der Waals surface area (Å²) in [6.45, 7) is 10.1. The normalized spacial score (nSPS) is 11.4. The molecule has 0 atom stereocenters. The number of halogens is 1. The SMILES string of the molecule is CC(C)N(CCNC(=O)c1ccc(Cl)c(N)c1)C(C)C. The summed E-state index contributed by atoms with van der Waals surface area (Å²) in [7, 11) is 0. The first kappa shape index (κ1) is 16.8. The Kier molecular flexibility index (Phi) is 6.30. The van der Waals surface area contributed by atoms with Gasteiger partial charge in [-0.3, -0.25) is 9.69 Å². The second kappa shape index (κ2) is 7.50. The van der Waals surface area contributed by atoms with Gasteiger partial charge in [-0.2, -0.15) is 0 Å². The Hall–Kier alpha value is -1.26. The standard InChI is InChI=1S/C15H24ClN3O/c1-10(2)19(11(3)4)8-7-18-15(20)12-5-6-13(16)14(17)9-12/h5-6,9-11H,7-8,17H2,1-4H3,(H,18,20). The number of nitrogen functional groups attached to an aromatic ring is 1. The first-order chi connectivity index (χ1) is 9.32. The zero-order chi connectivity index (χ0) is 15.3. The van der Waals surface area contributed by atoms with E-state index in [1.807, 2.05) is 0 Å². The van der Waals surface area contributed by atoms with E-state index in [-0.39, 0.29) is 5.91 Å². The van der Waals surface area contributed by atoms with Crippen molar-refractivity contribution in [2.24, 2.45) is 0 Å². The van der Waals surface area contributed by atoms with Crippen LogP contribution in [-0.2, 0) is 0 Å². The quantitative estimate of drug-likeness (QED) is 0.794. The number of hydrogen-bond donors (Lipinski definition) is 2. The average Bonchev–Trinajstić information content (AvgIpc) is 2.36. The largest absolute Gasteiger partial charge is 0.398 e. The van der Waals surface area contributed by atoms with E-state index in [2.05, 4.69) is 37.9 Å². The Labute approximate surface area is 126 Å². The molecule has 0 radical (unpaired) electrons. The molecule has 5 heteroatoms. The van der Waals surface area contributed by atoms with Crippen LogP contribution >= 0.6 is 11.6 Å². The molecule has 0 spiro atoms. The topological polar surface area (TPSA) is 58.4 Å². The van der Waals surface area contributed by atoms with Gasteiger partial charge in [-0.15, -0.1) is 0 Å². The molecule has 1 amide bonds. The van der Waals surface area contributed by atoms with Gasteiger partial charge in [-0.1, -0.05) is 11.6 Å². The molecule has 0 unspecified atom stereocenters. The second-order valence-corrected chi connectivity index (χ2v) is 5.82. The van der Waals surface area contributed by atoms with Crippen LogP contribution in [0.4, 0.5) is 5.69 Å². The van der Waals surface area contributed by atoms with E-state index in [4.69, 9.17) is 17.3 Å². The predicted molar refractivity (Wildman–Crippen MR) is 85.2 cm³/mol. The lowest BCUT2D eigenvalue weighted by molar-refractivity contribution is 0.0939. The summed E-state index contributed by atoms with van der Waals surface area (Å²) in [5.41, 5.74) is 6.65. The summed E-state index contributed by atoms with van der Waals surface area (Å²) in [4.78, 5) is 14.3. The Morgan fingerprint density at radius 1 is 1.30 bits per heavy atom. The van der Waals surface area contributed by atoms with E-state index >= 15 is 0 Å². The molecule has 0 heterocycles. The minimum Gasteiger partial charge on any atom is -0.398 e. The number of benzene rings is 1. The highest BCUT2D eigenvalue weighted by molar-refractivity contribution is 6.33. The monoisotopic (exact) mass is 297 g/mol. The highest BCUT2D eigenvalue weighted by Crippen LogP contribution is 2.19. The number of anilines is 1. The molecule has 0 aliphatic carbocycles. The zero-order valence-electron chi connectivity index (χ0n) is 12.6. The van der Waals surface area contributed by atoms with Gasteiger partial charge in [0.1, 0.15) is 0 Å². The highest BCUT2D eigenvalue weighted by Gasteiger charge is 2.13. The van der Waals surface area contributed by atoms with E-state index in [9.17, 15) is 4.79 Å². The maximum atomic E-state index is 12.0. The van der Waals surface area contributed by atoms with Gasteiger partial charge in [0.15, 0.2) is 0 Å². The Morgan fingerprint density at radius 2 is 1.90 bits per heavy atom. The van der Waals surface area contributed by atoms with Crippen molar-refractivity contribution in [1.82, 2.24) is 10.2 Å². The van der Waals surface area contributed by atoms with Crippen LogP contribution in [0.2, 0.25) is 5.02 Å². The van der Waals surface area contributed by atoms with Gasteiger partial charge in [0, 0.05) is 30.7 Å². The third kappa shape index (κ3) is 4.69. The van der Waals surface area contributed by atoms with Crippen LogP contribution < -0.4 is 11.1 Å². The molecule has 0 aliphatic rings. The molecule has 1 aromatic rings. The molecule has 112 valence electrons. The van der Waals surface area contributed by atoms with Crippen LogP contribution in [0.15, 0.2) is 18.2 Å². The number of nitrogens with one attached hydrogen (secondary N) is 1. The van der Waals surface area contributed by atoms with Gasteiger partial charge in [0.2, 0.25) is 0 Å². The summed E-state index contributed by atoms with van der Waals surface area (Å²) in [6.07, 6.45) is 0. The number of nitrogens with zero attached hydrogens (tertiary/aromatic N) is 1. The highest BCUT2D eigenvalue weighted by atomic mass is 35.5. The minimum atomic E-state index is -0.124. The van der Waals surface area contributed by atoms with E-state index < -0.39 is 0 Å². The number of carbonyl (C=O) groups excluding carboxylic acids is 1. The van der Waals surface area contributed by atoms with Crippen molar-refractivity contribution >= 4 is 23.2 Å². The molecule has 20 heavy (non-hydrogen) atoms. The van der Waals surface area contributed by atoms with Crippen molar-refractivity contribution in [2.45, 2.75) is 39.8 Å². The van der Waals surface area contributed by atoms with Gasteiger partial charge >= 0.3 is 0 Å². The predicted octanol–water partition coefficient (Wildman–Crippen LogP) is 2.77. The molecule has 0 bridgehead atoms. The van der Waals surface area contributed by atoms with Crippen LogP contribution in [0.1, 0.15) is 38.1 Å². The van der Waals surface area contributed by atoms with E-state index in [0.29, 0.717) is 34.9 Å². The number of rotatable bonds is 6. The van der Waals surface area contributed by atoms with E-state index in [0.717, 1.165) is 6.54 Å². The van der Waals surface area contributed by atoms with Gasteiger partial charge in [-0.25, -0.2) is 0 Å². The van der Waals surface area contributed by atoms with Crippen molar-refractivity contribution in [1.29, 1.82) is 0 Å². The number of carbonyl (C=O) groups is 1. The molecule has 4 nitrogen and oxygen atoms in total. The van der Waals surface area contributed by atoms with Crippen molar-refractivity contribution in [3.05, 3.63) is 28.8 Å². The maximum absolute atomic E-state index is 12.0. The maximum Gasteiger partial charge on any atom is 0.251 e. The fraction of sp³-hybridized carbons (Fsp3) is 0.533. The van der Waals surface area contributed by atoms with Gasteiger partial charge in [0.25, 0.3) is 5.91 Å². The first-order valence-corrected chi connectivity index (χ1v) is 7.29. The first-order valence-electron chi connectivity index (χ1n) is 6.92. The Bertz CT molecular complexity index is 452. The molecule has 0 fully saturated rings. The van der Waals surface area contributed by atoms with Crippen LogP contribution in [0, 0.1) is 0 Å². The van der Waals surface area contributed by atoms with Crippen molar-refractivity contribution in [3.8, 4) is 0 Å². The van der Waals surface area contributed by atoms with Crippen LogP contribution in [0.25, 0.3) is 0 Å². The molecule has 0 aromatic heterocycles. The number of amides is 1. The molecular weight excluding hydrogens is 274 g/mol. The second-order valence-electron chi connectivity index (χ2n) is 5.42. The van der Waals surface area contributed by atoms with Crippen molar-refractivity contribution in [3.63, 3.8) is 0 Å².